The molecule has 5 aromatic rings. The summed E-state index contributed by atoms with van der Waals surface area (Å²) in [5, 5.41) is 14.8. The fraction of sp³-hybridized carbons (Fsp3) is 0.103. The van der Waals surface area contributed by atoms with Gasteiger partial charge in [0.15, 0.2) is 0 Å². The van der Waals surface area contributed by atoms with Crippen molar-refractivity contribution >= 4 is 49.6 Å². The van der Waals surface area contributed by atoms with Crippen LogP contribution in [0.25, 0.3) is 27.8 Å². The van der Waals surface area contributed by atoms with Gasteiger partial charge in [-0.3, -0.25) is 9.59 Å². The highest BCUT2D eigenvalue weighted by Crippen LogP contribution is 2.19. The lowest BCUT2D eigenvalue weighted by Gasteiger charge is -2.15. The van der Waals surface area contributed by atoms with Crippen LogP contribution in [-0.2, 0) is 21.2 Å². The molecule has 5 rings (SSSR count). The second-order valence-electron chi connectivity index (χ2n) is 9.01. The highest BCUT2D eigenvalue weighted by Gasteiger charge is 2.27. The Labute approximate surface area is 229 Å². The summed E-state index contributed by atoms with van der Waals surface area (Å²) in [5.74, 6) is -0.598. The quantitative estimate of drug-likeness (QED) is 0.204. The molecule has 0 spiro atoms. The van der Waals surface area contributed by atoms with E-state index in [1.54, 1.807) is 42.6 Å². The summed E-state index contributed by atoms with van der Waals surface area (Å²) in [6.45, 7) is 0.536. The zero-order chi connectivity index (χ0) is 28.1. The minimum atomic E-state index is -4.17. The Morgan fingerprint density at radius 1 is 1.00 bits per heavy atom. The van der Waals surface area contributed by atoms with Gasteiger partial charge in [0.1, 0.15) is 17.7 Å². The fourth-order valence-corrected chi connectivity index (χ4v) is 5.42. The number of hydrogen-bond donors (Lipinski definition) is 4. The molecule has 1 atom stereocenters. The second kappa shape index (κ2) is 11.5. The van der Waals surface area contributed by atoms with Crippen LogP contribution < -0.4 is 15.6 Å². The fourth-order valence-electron chi connectivity index (χ4n) is 4.19. The summed E-state index contributed by atoms with van der Waals surface area (Å²) < 4.78 is 28.2. The predicted molar refractivity (Wildman–Crippen MR) is 154 cm³/mol. The maximum atomic E-state index is 13.0. The standard InChI is InChI=1S/C29H25N5O5S/c35-28-23-16-19(6-5-15-31-26-9-3-4-14-30-26)10-13-24(23)32-27(33-28)18-25(29(36)37)34-40(38,39)22-12-11-20-7-1-2-8-21(20)17-22/h1-14,16-17,25,34H,15,18H2,(H,30,31)(H,36,37)(H,32,33,35)/t25-/m0/s1. The summed E-state index contributed by atoms with van der Waals surface area (Å²) in [7, 11) is -4.17. The van der Waals surface area contributed by atoms with E-state index in [1.807, 2.05) is 42.5 Å². The molecule has 0 amide bonds. The Kier molecular flexibility index (Phi) is 7.67. The molecule has 0 saturated heterocycles. The molecular weight excluding hydrogens is 530 g/mol. The van der Waals surface area contributed by atoms with Crippen molar-refractivity contribution in [1.82, 2.24) is 19.7 Å². The number of nitrogens with zero attached hydrogens (tertiary/aromatic N) is 2. The van der Waals surface area contributed by atoms with Crippen LogP contribution in [0.4, 0.5) is 5.82 Å². The number of rotatable bonds is 10. The minimum Gasteiger partial charge on any atom is -0.480 e. The van der Waals surface area contributed by atoms with E-state index in [0.29, 0.717) is 22.8 Å². The topological polar surface area (TPSA) is 154 Å². The zero-order valence-electron chi connectivity index (χ0n) is 21.1. The summed E-state index contributed by atoms with van der Waals surface area (Å²) >= 11 is 0. The van der Waals surface area contributed by atoms with Crippen LogP contribution in [-0.4, -0.2) is 47.0 Å². The van der Waals surface area contributed by atoms with Gasteiger partial charge in [-0.1, -0.05) is 54.6 Å². The first kappa shape index (κ1) is 26.7. The molecule has 0 bridgehead atoms. The number of carbonyl (C=O) groups is 1. The number of aliphatic carboxylic acids is 1. The lowest BCUT2D eigenvalue weighted by Crippen LogP contribution is -2.42. The third-order valence-corrected chi connectivity index (χ3v) is 7.65. The highest BCUT2D eigenvalue weighted by atomic mass is 32.2. The summed E-state index contributed by atoms with van der Waals surface area (Å²) in [4.78, 5) is 35.9. The van der Waals surface area contributed by atoms with Gasteiger partial charge in [0, 0.05) is 19.2 Å². The third kappa shape index (κ3) is 6.22. The Morgan fingerprint density at radius 2 is 1.80 bits per heavy atom. The molecule has 0 fully saturated rings. The van der Waals surface area contributed by atoms with Crippen molar-refractivity contribution in [3.8, 4) is 0 Å². The Bertz CT molecular complexity index is 1890. The number of hydrogen-bond acceptors (Lipinski definition) is 7. The number of anilines is 1. The van der Waals surface area contributed by atoms with Crippen molar-refractivity contribution in [1.29, 1.82) is 0 Å². The Hall–Kier alpha value is -4.87. The van der Waals surface area contributed by atoms with Gasteiger partial charge in [-0.05, 0) is 52.7 Å². The molecule has 2 aromatic heterocycles. The summed E-state index contributed by atoms with van der Waals surface area (Å²) in [6.07, 6.45) is 5.09. The van der Waals surface area contributed by atoms with Gasteiger partial charge in [0.2, 0.25) is 10.0 Å². The largest absolute Gasteiger partial charge is 0.480 e. The van der Waals surface area contributed by atoms with Crippen molar-refractivity contribution in [3.05, 3.63) is 113 Å². The van der Waals surface area contributed by atoms with E-state index in [0.717, 1.165) is 16.8 Å². The zero-order valence-corrected chi connectivity index (χ0v) is 21.9. The number of sulfonamides is 1. The van der Waals surface area contributed by atoms with E-state index >= 15 is 0 Å². The smallest absolute Gasteiger partial charge is 0.322 e. The SMILES string of the molecule is O=C(O)[C@H](Cc1nc2ccc(C=CCNc3ccccn3)cc2c(=O)[nH]1)NS(=O)(=O)c1ccc2ccccc2c1. The molecule has 10 nitrogen and oxygen atoms in total. The van der Waals surface area contributed by atoms with Crippen molar-refractivity contribution < 1.29 is 18.3 Å². The van der Waals surface area contributed by atoms with Crippen LogP contribution in [0.1, 0.15) is 11.4 Å². The average Bonchev–Trinajstić information content (AvgIpc) is 2.95. The number of aromatic amines is 1. The number of fused-ring (bicyclic) bond motifs is 2. The van der Waals surface area contributed by atoms with Crippen molar-refractivity contribution in [2.24, 2.45) is 0 Å². The normalized spacial score (nSPS) is 12.6. The number of nitrogens with one attached hydrogen (secondary N) is 3. The van der Waals surface area contributed by atoms with Gasteiger partial charge >= 0.3 is 5.97 Å². The number of aromatic nitrogens is 3. The lowest BCUT2D eigenvalue weighted by atomic mass is 10.1. The molecule has 202 valence electrons. The molecule has 0 unspecified atom stereocenters. The van der Waals surface area contributed by atoms with E-state index in [1.165, 1.54) is 12.1 Å². The highest BCUT2D eigenvalue weighted by molar-refractivity contribution is 7.89. The maximum absolute atomic E-state index is 13.0. The van der Waals surface area contributed by atoms with E-state index < -0.39 is 27.6 Å². The van der Waals surface area contributed by atoms with Gasteiger partial charge < -0.3 is 15.4 Å². The number of benzene rings is 3. The van der Waals surface area contributed by atoms with E-state index in [4.69, 9.17) is 0 Å². The van der Waals surface area contributed by atoms with Crippen LogP contribution in [0.3, 0.4) is 0 Å². The maximum Gasteiger partial charge on any atom is 0.322 e. The van der Waals surface area contributed by atoms with Gasteiger partial charge in [-0.25, -0.2) is 18.4 Å². The first-order valence-electron chi connectivity index (χ1n) is 12.4. The van der Waals surface area contributed by atoms with Crippen LogP contribution in [0.5, 0.6) is 0 Å². The number of pyridine rings is 1. The molecule has 0 saturated carbocycles. The molecule has 2 heterocycles. The van der Waals surface area contributed by atoms with Crippen LogP contribution in [0.2, 0.25) is 0 Å². The van der Waals surface area contributed by atoms with Crippen LogP contribution >= 0.6 is 0 Å². The lowest BCUT2D eigenvalue weighted by molar-refractivity contribution is -0.139. The molecule has 0 aliphatic rings. The van der Waals surface area contributed by atoms with Gasteiger partial charge in [-0.2, -0.15) is 4.72 Å². The first-order valence-corrected chi connectivity index (χ1v) is 13.9. The van der Waals surface area contributed by atoms with Crippen molar-refractivity contribution in [3.63, 3.8) is 0 Å². The van der Waals surface area contributed by atoms with Gasteiger partial charge in [0.25, 0.3) is 5.56 Å². The predicted octanol–water partition coefficient (Wildman–Crippen LogP) is 3.57. The van der Waals surface area contributed by atoms with E-state index in [2.05, 4.69) is 25.0 Å². The molecule has 0 aliphatic carbocycles. The minimum absolute atomic E-state index is 0.0500. The molecule has 40 heavy (non-hydrogen) atoms. The molecule has 11 heteroatoms. The monoisotopic (exact) mass is 555 g/mol. The first-order chi connectivity index (χ1) is 19.3. The molecule has 0 radical (unpaired) electrons. The van der Waals surface area contributed by atoms with Gasteiger partial charge in [-0.15, -0.1) is 0 Å². The molecule has 3 aromatic carbocycles. The van der Waals surface area contributed by atoms with E-state index in [9.17, 15) is 23.1 Å². The molecule has 4 N–H and O–H groups in total. The van der Waals surface area contributed by atoms with Crippen molar-refractivity contribution in [2.75, 3.05) is 11.9 Å². The Morgan fingerprint density at radius 3 is 2.58 bits per heavy atom. The third-order valence-electron chi connectivity index (χ3n) is 6.18. The number of H-pyrrole nitrogens is 1. The number of carboxylic acids is 1. The molecular formula is C29H25N5O5S. The summed E-state index contributed by atoms with van der Waals surface area (Å²) in [5.41, 5.74) is 0.689. The number of carboxylic acid groups (broad SMARTS) is 1. The van der Waals surface area contributed by atoms with Gasteiger partial charge in [0.05, 0.1) is 15.8 Å². The van der Waals surface area contributed by atoms with Crippen molar-refractivity contribution in [2.45, 2.75) is 17.4 Å². The Balaban J connectivity index is 1.31. The van der Waals surface area contributed by atoms with Crippen LogP contribution in [0, 0.1) is 0 Å². The van der Waals surface area contributed by atoms with Crippen LogP contribution in [0.15, 0.2) is 101 Å². The second-order valence-corrected chi connectivity index (χ2v) is 10.7. The molecule has 0 aliphatic heterocycles. The van der Waals surface area contributed by atoms with E-state index in [-0.39, 0.29) is 17.1 Å². The summed E-state index contributed by atoms with van der Waals surface area (Å²) in [6, 6.07) is 20.9. The average molecular weight is 556 g/mol.